The molecule has 0 aliphatic heterocycles. The van der Waals surface area contributed by atoms with E-state index in [9.17, 15) is 4.79 Å². The topological polar surface area (TPSA) is 26.3 Å². The highest BCUT2D eigenvalue weighted by molar-refractivity contribution is 6.73. The summed E-state index contributed by atoms with van der Waals surface area (Å²) in [6.07, 6.45) is 1.90. The molecule has 0 spiro atoms. The zero-order chi connectivity index (χ0) is 11.9. The van der Waals surface area contributed by atoms with Gasteiger partial charge in [0.05, 0.1) is 0 Å². The van der Waals surface area contributed by atoms with Crippen LogP contribution in [0.4, 0.5) is 0 Å². The third kappa shape index (κ3) is 4.75. The molecule has 0 fully saturated rings. The van der Waals surface area contributed by atoms with Gasteiger partial charge in [-0.15, -0.1) is 0 Å². The molecular formula is C12H24O2Si. The molecule has 0 heterocycles. The predicted octanol–water partition coefficient (Wildman–Crippen LogP) is 3.54. The van der Waals surface area contributed by atoms with Gasteiger partial charge in [-0.05, 0) is 31.1 Å². The molecule has 0 radical (unpaired) electrons. The van der Waals surface area contributed by atoms with Crippen LogP contribution in [-0.2, 0) is 9.22 Å². The number of hydrogen-bond acceptors (Lipinski definition) is 2. The molecule has 0 aliphatic carbocycles. The number of carbonyl (C=O) groups excluding carboxylic acids is 1. The monoisotopic (exact) mass is 228 g/mol. The molecule has 0 rings (SSSR count). The quantitative estimate of drug-likeness (QED) is 0.469. The van der Waals surface area contributed by atoms with Crippen LogP contribution in [-0.4, -0.2) is 20.2 Å². The third-order valence-corrected chi connectivity index (χ3v) is 7.87. The fourth-order valence-electron chi connectivity index (χ4n) is 1.84. The van der Waals surface area contributed by atoms with E-state index in [1.165, 1.54) is 6.08 Å². The summed E-state index contributed by atoms with van der Waals surface area (Å²) in [7, 11) is -1.55. The lowest BCUT2D eigenvalue weighted by molar-refractivity contribution is -0.116. The van der Waals surface area contributed by atoms with Gasteiger partial charge in [0.25, 0.3) is 0 Å². The minimum atomic E-state index is -1.55. The Hall–Kier alpha value is -0.413. The molecular weight excluding hydrogens is 204 g/mol. The minimum Gasteiger partial charge on any atom is -0.414 e. The predicted molar refractivity (Wildman–Crippen MR) is 67.6 cm³/mol. The third-order valence-electron chi connectivity index (χ3n) is 3.10. The van der Waals surface area contributed by atoms with Crippen LogP contribution in [0.1, 0.15) is 34.1 Å². The van der Waals surface area contributed by atoms with E-state index >= 15 is 0 Å². The molecule has 0 aromatic rings. The second-order valence-electron chi connectivity index (χ2n) is 4.05. The molecule has 0 aliphatic rings. The lowest BCUT2D eigenvalue weighted by atomic mass is 10.2. The van der Waals surface area contributed by atoms with Gasteiger partial charge in [-0.3, -0.25) is 4.79 Å². The molecule has 0 amide bonds. The van der Waals surface area contributed by atoms with Crippen molar-refractivity contribution in [3.05, 3.63) is 12.7 Å². The number of carbonyl (C=O) groups is 1. The van der Waals surface area contributed by atoms with Crippen molar-refractivity contribution in [2.75, 3.05) is 0 Å². The van der Waals surface area contributed by atoms with Crippen LogP contribution in [0.3, 0.4) is 0 Å². The lowest BCUT2D eigenvalue weighted by Gasteiger charge is -2.31. The number of rotatable bonds is 8. The van der Waals surface area contributed by atoms with E-state index < -0.39 is 8.32 Å². The fourth-order valence-corrected chi connectivity index (χ4v) is 4.77. The van der Waals surface area contributed by atoms with Gasteiger partial charge in [0.2, 0.25) is 0 Å². The average Bonchev–Trinajstić information content (AvgIpc) is 2.26. The number of hydrogen-bond donors (Lipinski definition) is 0. The maximum Gasteiger partial charge on any atom is 0.192 e. The summed E-state index contributed by atoms with van der Waals surface area (Å²) < 4.78 is 6.13. The summed E-state index contributed by atoms with van der Waals surface area (Å²) in [6.45, 7) is 12.1. The molecule has 2 nitrogen and oxygen atoms in total. The summed E-state index contributed by atoms with van der Waals surface area (Å²) in [5, 5.41) is 0. The lowest BCUT2D eigenvalue weighted by Crippen LogP contribution is -2.39. The molecule has 1 unspecified atom stereocenters. The molecule has 0 N–H and O–H groups in total. The summed E-state index contributed by atoms with van der Waals surface area (Å²) in [4.78, 5) is 11.2. The molecule has 0 bridgehead atoms. The van der Waals surface area contributed by atoms with Gasteiger partial charge in [-0.2, -0.15) is 0 Å². The summed E-state index contributed by atoms with van der Waals surface area (Å²) in [5.74, 6) is 0.0775. The van der Waals surface area contributed by atoms with Crippen molar-refractivity contribution < 1.29 is 9.22 Å². The van der Waals surface area contributed by atoms with Crippen molar-refractivity contribution >= 4 is 14.1 Å². The van der Waals surface area contributed by atoms with E-state index in [1.807, 2.05) is 6.92 Å². The van der Waals surface area contributed by atoms with E-state index in [2.05, 4.69) is 27.4 Å². The first-order valence-electron chi connectivity index (χ1n) is 5.86. The van der Waals surface area contributed by atoms with Gasteiger partial charge < -0.3 is 4.43 Å². The maximum absolute atomic E-state index is 11.2. The molecule has 15 heavy (non-hydrogen) atoms. The van der Waals surface area contributed by atoms with Crippen molar-refractivity contribution in [3.63, 3.8) is 0 Å². The van der Waals surface area contributed by atoms with Gasteiger partial charge in [-0.1, -0.05) is 27.4 Å². The van der Waals surface area contributed by atoms with Gasteiger partial charge in [0.1, 0.15) is 0 Å². The van der Waals surface area contributed by atoms with E-state index in [1.54, 1.807) is 0 Å². The Kier molecular flexibility index (Phi) is 6.77. The Balaban J connectivity index is 4.28. The molecule has 0 saturated carbocycles. The summed E-state index contributed by atoms with van der Waals surface area (Å²) in [6, 6.07) is 3.39. The first kappa shape index (κ1) is 14.6. The first-order chi connectivity index (χ1) is 7.03. The van der Waals surface area contributed by atoms with Crippen molar-refractivity contribution in [2.24, 2.45) is 0 Å². The summed E-state index contributed by atoms with van der Waals surface area (Å²) in [5.41, 5.74) is 0. The SMILES string of the molecule is C=CC(=O)CC(C)O[Si](CC)(CC)CC. The Morgan fingerprint density at radius 3 is 2.13 bits per heavy atom. The van der Waals surface area contributed by atoms with Gasteiger partial charge in [0, 0.05) is 12.5 Å². The van der Waals surface area contributed by atoms with E-state index in [-0.39, 0.29) is 11.9 Å². The standard InChI is InChI=1S/C12H24O2Si/c1-6-12(13)10-11(5)14-15(7-2,8-3)9-4/h6,11H,1,7-10H2,2-5H3. The summed E-state index contributed by atoms with van der Waals surface area (Å²) >= 11 is 0. The number of ketones is 1. The molecule has 1 atom stereocenters. The second-order valence-corrected chi connectivity index (χ2v) is 8.77. The Morgan fingerprint density at radius 2 is 1.80 bits per heavy atom. The van der Waals surface area contributed by atoms with Crippen molar-refractivity contribution in [1.82, 2.24) is 0 Å². The van der Waals surface area contributed by atoms with Crippen LogP contribution >= 0.6 is 0 Å². The smallest absolute Gasteiger partial charge is 0.192 e. The average molecular weight is 228 g/mol. The van der Waals surface area contributed by atoms with E-state index in [4.69, 9.17) is 4.43 Å². The van der Waals surface area contributed by atoms with Crippen molar-refractivity contribution in [3.8, 4) is 0 Å². The Labute approximate surface area is 94.8 Å². The highest BCUT2D eigenvalue weighted by atomic mass is 28.4. The van der Waals surface area contributed by atoms with Crippen molar-refractivity contribution in [1.29, 1.82) is 0 Å². The molecule has 3 heteroatoms. The Morgan fingerprint density at radius 1 is 1.33 bits per heavy atom. The normalized spacial score (nSPS) is 13.6. The largest absolute Gasteiger partial charge is 0.414 e. The zero-order valence-electron chi connectivity index (χ0n) is 10.5. The Bertz CT molecular complexity index is 201. The fraction of sp³-hybridized carbons (Fsp3) is 0.750. The second kappa shape index (κ2) is 6.96. The van der Waals surface area contributed by atoms with Gasteiger partial charge in [0.15, 0.2) is 14.1 Å². The van der Waals surface area contributed by atoms with E-state index in [0.29, 0.717) is 6.42 Å². The maximum atomic E-state index is 11.2. The van der Waals surface area contributed by atoms with E-state index in [0.717, 1.165) is 18.1 Å². The van der Waals surface area contributed by atoms with Gasteiger partial charge >= 0.3 is 0 Å². The zero-order valence-corrected chi connectivity index (χ0v) is 11.5. The van der Waals surface area contributed by atoms with Crippen LogP contribution in [0.15, 0.2) is 12.7 Å². The van der Waals surface area contributed by atoms with Crippen LogP contribution in [0.5, 0.6) is 0 Å². The molecule has 0 saturated heterocycles. The molecule has 88 valence electrons. The van der Waals surface area contributed by atoms with Gasteiger partial charge in [-0.25, -0.2) is 0 Å². The number of allylic oxidation sites excluding steroid dienone is 1. The van der Waals surface area contributed by atoms with Crippen LogP contribution in [0.25, 0.3) is 0 Å². The van der Waals surface area contributed by atoms with Crippen molar-refractivity contribution in [2.45, 2.75) is 58.4 Å². The highest BCUT2D eigenvalue weighted by Crippen LogP contribution is 2.24. The first-order valence-corrected chi connectivity index (χ1v) is 8.39. The van der Waals surface area contributed by atoms with Crippen LogP contribution < -0.4 is 0 Å². The van der Waals surface area contributed by atoms with Crippen LogP contribution in [0, 0.1) is 0 Å². The molecule has 0 aromatic heterocycles. The van der Waals surface area contributed by atoms with Crippen LogP contribution in [0.2, 0.25) is 18.1 Å². The minimum absolute atomic E-state index is 0.0435. The highest BCUT2D eigenvalue weighted by Gasteiger charge is 2.30. The molecule has 0 aromatic carbocycles.